The molecule has 0 aliphatic carbocycles. The van der Waals surface area contributed by atoms with Crippen molar-refractivity contribution in [3.05, 3.63) is 21.4 Å². The van der Waals surface area contributed by atoms with E-state index in [1.54, 1.807) is 11.3 Å². The summed E-state index contributed by atoms with van der Waals surface area (Å²) in [5.74, 6) is 0. The Morgan fingerprint density at radius 1 is 1.57 bits per heavy atom. The second-order valence-electron chi connectivity index (χ2n) is 3.00. The van der Waals surface area contributed by atoms with Crippen molar-refractivity contribution < 1.29 is 0 Å². The highest BCUT2D eigenvalue weighted by Gasteiger charge is 2.05. The first-order chi connectivity index (χ1) is 6.50. The molecule has 14 heavy (non-hydrogen) atoms. The molecule has 0 atom stereocenters. The lowest BCUT2D eigenvalue weighted by Gasteiger charge is -2.00. The molecule has 0 saturated carbocycles. The summed E-state index contributed by atoms with van der Waals surface area (Å²) in [5, 5.41) is 4.26. The molecular formula is C9H13N3S2. The first-order valence-corrected chi connectivity index (χ1v) is 5.40. The number of thiophene rings is 1. The van der Waals surface area contributed by atoms with Gasteiger partial charge in [-0.25, -0.2) is 0 Å². The van der Waals surface area contributed by atoms with Crippen LogP contribution in [0.25, 0.3) is 0 Å². The fourth-order valence-corrected chi connectivity index (χ4v) is 2.21. The van der Waals surface area contributed by atoms with Gasteiger partial charge in [-0.1, -0.05) is 0 Å². The second kappa shape index (κ2) is 4.52. The van der Waals surface area contributed by atoms with E-state index in [0.29, 0.717) is 0 Å². The zero-order valence-corrected chi connectivity index (χ0v) is 10.1. The maximum Gasteiger partial charge on any atom is 0.184 e. The van der Waals surface area contributed by atoms with E-state index in [1.165, 1.54) is 9.75 Å². The maximum absolute atomic E-state index is 5.28. The third-order valence-corrected chi connectivity index (χ3v) is 2.82. The van der Waals surface area contributed by atoms with Crippen molar-refractivity contribution in [1.29, 1.82) is 0 Å². The van der Waals surface area contributed by atoms with Crippen molar-refractivity contribution in [2.45, 2.75) is 20.8 Å². The van der Waals surface area contributed by atoms with Gasteiger partial charge in [0.1, 0.15) is 0 Å². The third kappa shape index (κ3) is 2.78. The Bertz CT molecular complexity index is 379. The minimum absolute atomic E-state index is 0.189. The van der Waals surface area contributed by atoms with Gasteiger partial charge in [0.05, 0.1) is 5.71 Å². The summed E-state index contributed by atoms with van der Waals surface area (Å²) in [5.41, 5.74) is 9.91. The fraction of sp³-hybridized carbons (Fsp3) is 0.333. The van der Waals surface area contributed by atoms with Crippen LogP contribution in [0.3, 0.4) is 0 Å². The lowest BCUT2D eigenvalue weighted by Crippen LogP contribution is -2.25. The zero-order chi connectivity index (χ0) is 10.7. The molecule has 0 fully saturated rings. The van der Waals surface area contributed by atoms with Gasteiger partial charge in [0.2, 0.25) is 0 Å². The largest absolute Gasteiger partial charge is 0.375 e. The molecule has 0 aromatic carbocycles. The highest BCUT2D eigenvalue weighted by atomic mass is 32.1. The molecule has 5 heteroatoms. The standard InChI is InChI=1S/C9H13N3S2/c1-5-4-8(7(3)14-5)6(2)11-12-9(10)13/h4H,1-3H3,(H3,10,12,13). The molecule has 3 N–H and O–H groups in total. The van der Waals surface area contributed by atoms with Gasteiger partial charge in [-0.3, -0.25) is 5.43 Å². The number of nitrogens with one attached hydrogen (secondary N) is 1. The minimum Gasteiger partial charge on any atom is -0.375 e. The van der Waals surface area contributed by atoms with Crippen LogP contribution in [0.2, 0.25) is 0 Å². The molecule has 0 unspecified atom stereocenters. The summed E-state index contributed by atoms with van der Waals surface area (Å²) in [6.07, 6.45) is 0. The van der Waals surface area contributed by atoms with Crippen molar-refractivity contribution >= 4 is 34.4 Å². The highest BCUT2D eigenvalue weighted by molar-refractivity contribution is 7.80. The molecule has 1 rings (SSSR count). The van der Waals surface area contributed by atoms with Crippen LogP contribution < -0.4 is 11.2 Å². The molecule has 0 spiro atoms. The van der Waals surface area contributed by atoms with E-state index in [1.807, 2.05) is 6.92 Å². The smallest absolute Gasteiger partial charge is 0.184 e. The lowest BCUT2D eigenvalue weighted by molar-refractivity contribution is 1.03. The second-order valence-corrected chi connectivity index (χ2v) is 4.90. The Kier molecular flexibility index (Phi) is 3.60. The van der Waals surface area contributed by atoms with Crippen LogP contribution in [0.1, 0.15) is 22.2 Å². The van der Waals surface area contributed by atoms with E-state index in [2.05, 4.69) is 42.7 Å². The Morgan fingerprint density at radius 3 is 2.64 bits per heavy atom. The lowest BCUT2D eigenvalue weighted by atomic mass is 10.2. The maximum atomic E-state index is 5.28. The number of hydrazone groups is 1. The Hall–Kier alpha value is -0.940. The van der Waals surface area contributed by atoms with Gasteiger partial charge in [-0.05, 0) is 39.1 Å². The van der Waals surface area contributed by atoms with Crippen molar-refractivity contribution in [1.82, 2.24) is 5.43 Å². The van der Waals surface area contributed by atoms with E-state index >= 15 is 0 Å². The summed E-state index contributed by atoms with van der Waals surface area (Å²) in [4.78, 5) is 2.54. The van der Waals surface area contributed by atoms with Crippen LogP contribution in [0, 0.1) is 13.8 Å². The Labute approximate surface area is 93.0 Å². The molecule has 1 aromatic rings. The minimum atomic E-state index is 0.189. The van der Waals surface area contributed by atoms with Crippen molar-refractivity contribution in [2.24, 2.45) is 10.8 Å². The van der Waals surface area contributed by atoms with Gasteiger partial charge < -0.3 is 5.73 Å². The highest BCUT2D eigenvalue weighted by Crippen LogP contribution is 2.20. The molecule has 1 heterocycles. The fourth-order valence-electron chi connectivity index (χ4n) is 1.19. The summed E-state index contributed by atoms with van der Waals surface area (Å²) in [6, 6.07) is 2.11. The molecular weight excluding hydrogens is 214 g/mol. The number of hydrogen-bond acceptors (Lipinski definition) is 3. The monoisotopic (exact) mass is 227 g/mol. The van der Waals surface area contributed by atoms with Gasteiger partial charge in [-0.15, -0.1) is 11.3 Å². The average molecular weight is 227 g/mol. The average Bonchev–Trinajstić information content (AvgIpc) is 2.41. The van der Waals surface area contributed by atoms with E-state index in [4.69, 9.17) is 5.73 Å². The molecule has 0 aliphatic heterocycles. The predicted octanol–water partition coefficient (Wildman–Crippen LogP) is 1.92. The van der Waals surface area contributed by atoms with Crippen molar-refractivity contribution in [3.63, 3.8) is 0 Å². The normalized spacial score (nSPS) is 11.5. The number of nitrogens with two attached hydrogens (primary N) is 1. The van der Waals surface area contributed by atoms with E-state index in [0.717, 1.165) is 11.3 Å². The zero-order valence-electron chi connectivity index (χ0n) is 8.42. The van der Waals surface area contributed by atoms with E-state index < -0.39 is 0 Å². The molecule has 1 aromatic heterocycles. The van der Waals surface area contributed by atoms with Gasteiger partial charge in [0, 0.05) is 15.3 Å². The first kappa shape index (κ1) is 11.1. The van der Waals surface area contributed by atoms with Crippen LogP contribution in [0.15, 0.2) is 11.2 Å². The molecule has 0 saturated heterocycles. The molecule has 0 aliphatic rings. The van der Waals surface area contributed by atoms with Crippen molar-refractivity contribution in [2.75, 3.05) is 0 Å². The van der Waals surface area contributed by atoms with E-state index in [9.17, 15) is 0 Å². The predicted molar refractivity (Wildman–Crippen MR) is 65.9 cm³/mol. The van der Waals surface area contributed by atoms with Crippen LogP contribution in [0.5, 0.6) is 0 Å². The van der Waals surface area contributed by atoms with Gasteiger partial charge in [0.25, 0.3) is 0 Å². The topological polar surface area (TPSA) is 50.4 Å². The third-order valence-electron chi connectivity index (χ3n) is 1.76. The Balaban J connectivity index is 2.88. The first-order valence-electron chi connectivity index (χ1n) is 4.18. The molecule has 76 valence electrons. The summed E-state index contributed by atoms with van der Waals surface area (Å²) in [6.45, 7) is 6.09. The molecule has 0 amide bonds. The number of hydrogen-bond donors (Lipinski definition) is 2. The number of thiocarbonyl (C=S) groups is 1. The molecule has 0 bridgehead atoms. The summed E-state index contributed by atoms with van der Waals surface area (Å²) < 4.78 is 0. The number of aryl methyl sites for hydroxylation is 2. The van der Waals surface area contributed by atoms with Crippen LogP contribution >= 0.6 is 23.6 Å². The van der Waals surface area contributed by atoms with Crippen LogP contribution in [0.4, 0.5) is 0 Å². The Morgan fingerprint density at radius 2 is 2.21 bits per heavy atom. The van der Waals surface area contributed by atoms with E-state index in [-0.39, 0.29) is 5.11 Å². The number of nitrogens with zero attached hydrogens (tertiary/aromatic N) is 1. The van der Waals surface area contributed by atoms with Crippen molar-refractivity contribution in [3.8, 4) is 0 Å². The van der Waals surface area contributed by atoms with Crippen LogP contribution in [-0.4, -0.2) is 10.8 Å². The number of rotatable bonds is 2. The molecule has 3 nitrogen and oxygen atoms in total. The quantitative estimate of drug-likeness (QED) is 0.461. The van der Waals surface area contributed by atoms with Gasteiger partial charge in [-0.2, -0.15) is 5.10 Å². The SMILES string of the molecule is CC(=NNC(N)=S)c1cc(C)sc1C. The van der Waals surface area contributed by atoms with Gasteiger partial charge in [0.15, 0.2) is 5.11 Å². The van der Waals surface area contributed by atoms with Gasteiger partial charge >= 0.3 is 0 Å². The summed E-state index contributed by atoms with van der Waals surface area (Å²) >= 11 is 6.42. The summed E-state index contributed by atoms with van der Waals surface area (Å²) in [7, 11) is 0. The molecule has 0 radical (unpaired) electrons. The van der Waals surface area contributed by atoms with Crippen LogP contribution in [-0.2, 0) is 0 Å².